The van der Waals surface area contributed by atoms with E-state index in [1.54, 1.807) is 0 Å². The fourth-order valence-electron chi connectivity index (χ4n) is 2.20. The van der Waals surface area contributed by atoms with Crippen LogP contribution >= 0.6 is 0 Å². The van der Waals surface area contributed by atoms with Crippen LogP contribution in [0.1, 0.15) is 11.9 Å². The average Bonchev–Trinajstić information content (AvgIpc) is 3.01. The molecule has 0 unspecified atom stereocenters. The number of aliphatic hydroxyl groups excluding tert-OH is 2. The molecule has 1 aliphatic rings. The summed E-state index contributed by atoms with van der Waals surface area (Å²) in [5.74, 6) is 0.0991. The molecule has 1 aromatic heterocycles. The summed E-state index contributed by atoms with van der Waals surface area (Å²) in [4.78, 5) is 0. The van der Waals surface area contributed by atoms with Crippen molar-refractivity contribution < 1.29 is 28.5 Å². The number of alkyl halides is 1. The standard InChI is InChI=1S/C14H15F2N3O4/c15-8-1-3-10(4-2-8)22-6-9-5-19(18-17-9)14-13(21)12(20)11(16)7-23-14/h1-5,11-14,20-21H,6-7H2/t11-,12+,13-,14-/m1/s1. The maximum atomic E-state index is 13.2. The van der Waals surface area contributed by atoms with Crippen LogP contribution in [0, 0.1) is 5.82 Å². The Balaban J connectivity index is 1.62. The number of ether oxygens (including phenoxy) is 2. The average molecular weight is 327 g/mol. The Bertz CT molecular complexity index is 652. The first-order valence-corrected chi connectivity index (χ1v) is 6.95. The van der Waals surface area contributed by atoms with E-state index in [-0.39, 0.29) is 19.0 Å². The molecule has 0 saturated carbocycles. The maximum Gasteiger partial charge on any atom is 0.180 e. The number of hydrogen-bond acceptors (Lipinski definition) is 6. The Morgan fingerprint density at radius 2 is 2.00 bits per heavy atom. The molecule has 0 spiro atoms. The lowest BCUT2D eigenvalue weighted by atomic mass is 10.1. The van der Waals surface area contributed by atoms with Crippen LogP contribution in [0.2, 0.25) is 0 Å². The van der Waals surface area contributed by atoms with Gasteiger partial charge in [0.05, 0.1) is 12.8 Å². The van der Waals surface area contributed by atoms with E-state index in [0.29, 0.717) is 11.4 Å². The predicted molar refractivity (Wildman–Crippen MR) is 72.7 cm³/mol. The molecular formula is C14H15F2N3O4. The Hall–Kier alpha value is -2.10. The third-order valence-corrected chi connectivity index (χ3v) is 3.46. The van der Waals surface area contributed by atoms with Gasteiger partial charge >= 0.3 is 0 Å². The Morgan fingerprint density at radius 1 is 1.26 bits per heavy atom. The van der Waals surface area contributed by atoms with E-state index in [9.17, 15) is 19.0 Å². The monoisotopic (exact) mass is 327 g/mol. The van der Waals surface area contributed by atoms with Gasteiger partial charge in [0, 0.05) is 0 Å². The van der Waals surface area contributed by atoms with Gasteiger partial charge in [0.25, 0.3) is 0 Å². The van der Waals surface area contributed by atoms with Crippen LogP contribution < -0.4 is 4.74 Å². The van der Waals surface area contributed by atoms with Crippen molar-refractivity contribution in [3.8, 4) is 5.75 Å². The van der Waals surface area contributed by atoms with E-state index in [2.05, 4.69) is 10.3 Å². The molecule has 23 heavy (non-hydrogen) atoms. The van der Waals surface area contributed by atoms with Gasteiger partial charge < -0.3 is 19.7 Å². The van der Waals surface area contributed by atoms with Crippen molar-refractivity contribution in [3.05, 3.63) is 42.0 Å². The van der Waals surface area contributed by atoms with Crippen molar-refractivity contribution in [2.45, 2.75) is 31.2 Å². The molecule has 2 aromatic rings. The Morgan fingerprint density at radius 3 is 2.74 bits per heavy atom. The molecular weight excluding hydrogens is 312 g/mol. The largest absolute Gasteiger partial charge is 0.487 e. The molecule has 0 aliphatic carbocycles. The number of aromatic nitrogens is 3. The Labute approximate surface area is 130 Å². The fourth-order valence-corrected chi connectivity index (χ4v) is 2.20. The molecule has 1 aromatic carbocycles. The zero-order valence-electron chi connectivity index (χ0n) is 11.9. The molecule has 124 valence electrons. The first-order valence-electron chi connectivity index (χ1n) is 6.95. The number of rotatable bonds is 4. The van der Waals surface area contributed by atoms with E-state index in [4.69, 9.17) is 9.47 Å². The quantitative estimate of drug-likeness (QED) is 0.854. The molecule has 0 bridgehead atoms. The maximum absolute atomic E-state index is 13.2. The molecule has 9 heteroatoms. The lowest BCUT2D eigenvalue weighted by molar-refractivity contribution is -0.198. The highest BCUT2D eigenvalue weighted by Gasteiger charge is 2.40. The van der Waals surface area contributed by atoms with Crippen LogP contribution in [-0.2, 0) is 11.3 Å². The molecule has 0 amide bonds. The van der Waals surface area contributed by atoms with Crippen LogP contribution in [-0.4, -0.2) is 50.2 Å². The van der Waals surface area contributed by atoms with Crippen molar-refractivity contribution in [2.75, 3.05) is 6.61 Å². The summed E-state index contributed by atoms with van der Waals surface area (Å²) in [7, 11) is 0. The number of aliphatic hydroxyl groups is 2. The first kappa shape index (κ1) is 15.8. The van der Waals surface area contributed by atoms with Gasteiger partial charge in [-0.3, -0.25) is 0 Å². The second-order valence-electron chi connectivity index (χ2n) is 5.15. The number of halogens is 2. The lowest BCUT2D eigenvalue weighted by Crippen LogP contribution is -2.49. The highest BCUT2D eigenvalue weighted by atomic mass is 19.1. The van der Waals surface area contributed by atoms with E-state index in [1.165, 1.54) is 35.1 Å². The third-order valence-electron chi connectivity index (χ3n) is 3.46. The molecule has 1 aliphatic heterocycles. The number of hydrogen-bond donors (Lipinski definition) is 2. The molecule has 4 atom stereocenters. The molecule has 1 fully saturated rings. The summed E-state index contributed by atoms with van der Waals surface area (Å²) in [6, 6.07) is 5.50. The molecule has 0 radical (unpaired) electrons. The van der Waals surface area contributed by atoms with E-state index in [1.807, 2.05) is 0 Å². The van der Waals surface area contributed by atoms with Crippen LogP contribution in [0.15, 0.2) is 30.5 Å². The van der Waals surface area contributed by atoms with E-state index < -0.39 is 24.6 Å². The minimum Gasteiger partial charge on any atom is -0.487 e. The normalized spacial score (nSPS) is 27.8. The van der Waals surface area contributed by atoms with Crippen LogP contribution in [0.5, 0.6) is 5.75 Å². The van der Waals surface area contributed by atoms with Gasteiger partial charge in [-0.1, -0.05) is 5.21 Å². The highest BCUT2D eigenvalue weighted by Crippen LogP contribution is 2.25. The second-order valence-corrected chi connectivity index (χ2v) is 5.15. The Kier molecular flexibility index (Phi) is 4.51. The van der Waals surface area contributed by atoms with Crippen LogP contribution in [0.3, 0.4) is 0 Å². The highest BCUT2D eigenvalue weighted by molar-refractivity contribution is 5.22. The zero-order valence-corrected chi connectivity index (χ0v) is 11.9. The van der Waals surface area contributed by atoms with Gasteiger partial charge in [-0.2, -0.15) is 0 Å². The summed E-state index contributed by atoms with van der Waals surface area (Å²) >= 11 is 0. The van der Waals surface area contributed by atoms with Gasteiger partial charge in [-0.05, 0) is 24.3 Å². The van der Waals surface area contributed by atoms with Crippen molar-refractivity contribution >= 4 is 0 Å². The SMILES string of the molecule is O[C@@H]1[C@@H](O)[C@H](n2cc(COc3ccc(F)cc3)nn2)OC[C@H]1F. The fraction of sp³-hybridized carbons (Fsp3) is 0.429. The second kappa shape index (κ2) is 6.57. The minimum atomic E-state index is -1.65. The zero-order chi connectivity index (χ0) is 16.4. The van der Waals surface area contributed by atoms with Gasteiger partial charge in [0.15, 0.2) is 12.4 Å². The third kappa shape index (κ3) is 3.46. The number of nitrogens with zero attached hydrogens (tertiary/aromatic N) is 3. The van der Waals surface area contributed by atoms with E-state index in [0.717, 1.165) is 0 Å². The molecule has 2 N–H and O–H groups in total. The summed E-state index contributed by atoms with van der Waals surface area (Å²) < 4.78 is 37.8. The van der Waals surface area contributed by atoms with Gasteiger partial charge in [0.1, 0.15) is 36.1 Å². The van der Waals surface area contributed by atoms with Gasteiger partial charge in [0.2, 0.25) is 0 Å². The summed E-state index contributed by atoms with van der Waals surface area (Å²) in [6.45, 7) is -0.271. The molecule has 2 heterocycles. The summed E-state index contributed by atoms with van der Waals surface area (Å²) in [5, 5.41) is 27.0. The van der Waals surface area contributed by atoms with Gasteiger partial charge in [-0.25, -0.2) is 13.5 Å². The lowest BCUT2D eigenvalue weighted by Gasteiger charge is -2.33. The van der Waals surface area contributed by atoms with Crippen LogP contribution in [0.4, 0.5) is 8.78 Å². The van der Waals surface area contributed by atoms with Gasteiger partial charge in [-0.15, -0.1) is 5.10 Å². The number of benzene rings is 1. The molecule has 3 rings (SSSR count). The van der Waals surface area contributed by atoms with Crippen molar-refractivity contribution in [1.82, 2.24) is 15.0 Å². The minimum absolute atomic E-state index is 0.0722. The predicted octanol–water partition coefficient (Wildman–Crippen LogP) is 0.585. The van der Waals surface area contributed by atoms with Crippen molar-refractivity contribution in [1.29, 1.82) is 0 Å². The smallest absolute Gasteiger partial charge is 0.180 e. The molecule has 7 nitrogen and oxygen atoms in total. The topological polar surface area (TPSA) is 89.6 Å². The molecule has 1 saturated heterocycles. The van der Waals surface area contributed by atoms with Crippen molar-refractivity contribution in [3.63, 3.8) is 0 Å². The van der Waals surface area contributed by atoms with Crippen LogP contribution in [0.25, 0.3) is 0 Å². The summed E-state index contributed by atoms with van der Waals surface area (Å²) in [6.07, 6.45) is -4.21. The van der Waals surface area contributed by atoms with Crippen molar-refractivity contribution in [2.24, 2.45) is 0 Å². The summed E-state index contributed by atoms with van der Waals surface area (Å²) in [5.41, 5.74) is 0.432. The first-order chi connectivity index (χ1) is 11.0. The van der Waals surface area contributed by atoms with E-state index >= 15 is 0 Å².